The van der Waals surface area contributed by atoms with Gasteiger partial charge in [0.1, 0.15) is 5.41 Å². The smallest absolute Gasteiger partial charge is 0.237 e. The summed E-state index contributed by atoms with van der Waals surface area (Å²) in [6, 6.07) is 8.02. The number of nitrogens with zero attached hydrogens (tertiary/aromatic N) is 1. The molecule has 0 saturated carbocycles. The van der Waals surface area contributed by atoms with Crippen LogP contribution in [0, 0.1) is 18.3 Å². The summed E-state index contributed by atoms with van der Waals surface area (Å²) < 4.78 is 0. The van der Waals surface area contributed by atoms with Gasteiger partial charge in [0.05, 0.1) is 0 Å². The van der Waals surface area contributed by atoms with Crippen LogP contribution in [-0.4, -0.2) is 29.8 Å². The van der Waals surface area contributed by atoms with Crippen LogP contribution in [-0.2, 0) is 16.1 Å². The van der Waals surface area contributed by atoms with Crippen LogP contribution in [0.25, 0.3) is 0 Å². The molecule has 4 nitrogen and oxygen atoms in total. The third-order valence-electron chi connectivity index (χ3n) is 4.71. The van der Waals surface area contributed by atoms with E-state index in [1.54, 1.807) is 13.8 Å². The summed E-state index contributed by atoms with van der Waals surface area (Å²) in [5, 5.41) is 2.91. The molecule has 1 aromatic rings. The summed E-state index contributed by atoms with van der Waals surface area (Å²) in [5.41, 5.74) is 1.19. The Morgan fingerprint density at radius 3 is 2.52 bits per heavy atom. The molecule has 23 heavy (non-hydrogen) atoms. The van der Waals surface area contributed by atoms with Crippen molar-refractivity contribution in [3.8, 4) is 0 Å². The topological polar surface area (TPSA) is 49.4 Å². The maximum Gasteiger partial charge on any atom is 0.237 e. The standard InChI is InChI=1S/C19H28N2O2/c1-14-8-10-21(11-9-14)18(23)19(3,4)17(22)20-13-16-7-5-6-15(2)12-16/h5-7,12,14H,8-11,13H2,1-4H3,(H,20,22). The predicted octanol–water partition coefficient (Wildman–Crippen LogP) is 2.90. The zero-order valence-corrected chi connectivity index (χ0v) is 14.7. The van der Waals surface area contributed by atoms with E-state index in [0.29, 0.717) is 12.5 Å². The highest BCUT2D eigenvalue weighted by atomic mass is 16.2. The number of nitrogens with one attached hydrogen (secondary N) is 1. The zero-order chi connectivity index (χ0) is 17.0. The number of hydrogen-bond acceptors (Lipinski definition) is 2. The number of hydrogen-bond donors (Lipinski definition) is 1. The van der Waals surface area contributed by atoms with Gasteiger partial charge in [-0.3, -0.25) is 9.59 Å². The Bertz CT molecular complexity index is 572. The summed E-state index contributed by atoms with van der Waals surface area (Å²) in [7, 11) is 0. The molecule has 1 saturated heterocycles. The first-order valence-electron chi connectivity index (χ1n) is 8.44. The van der Waals surface area contributed by atoms with Crippen molar-refractivity contribution in [1.29, 1.82) is 0 Å². The molecule has 0 unspecified atom stereocenters. The summed E-state index contributed by atoms with van der Waals surface area (Å²) in [5.74, 6) is 0.395. The van der Waals surface area contributed by atoms with Crippen molar-refractivity contribution in [3.05, 3.63) is 35.4 Å². The molecule has 2 amide bonds. The molecule has 2 rings (SSSR count). The lowest BCUT2D eigenvalue weighted by molar-refractivity contribution is -0.149. The van der Waals surface area contributed by atoms with Gasteiger partial charge < -0.3 is 10.2 Å². The molecule has 0 aromatic heterocycles. The molecule has 1 aliphatic heterocycles. The SMILES string of the molecule is Cc1cccc(CNC(=O)C(C)(C)C(=O)N2CCC(C)CC2)c1. The highest BCUT2D eigenvalue weighted by Crippen LogP contribution is 2.24. The van der Waals surface area contributed by atoms with Gasteiger partial charge in [-0.05, 0) is 45.1 Å². The fourth-order valence-electron chi connectivity index (χ4n) is 2.93. The number of carbonyl (C=O) groups excluding carboxylic acids is 2. The highest BCUT2D eigenvalue weighted by Gasteiger charge is 2.39. The van der Waals surface area contributed by atoms with E-state index in [-0.39, 0.29) is 11.8 Å². The average molecular weight is 316 g/mol. The van der Waals surface area contributed by atoms with Crippen LogP contribution in [0.4, 0.5) is 0 Å². The van der Waals surface area contributed by atoms with Crippen LogP contribution >= 0.6 is 0 Å². The number of piperidine rings is 1. The van der Waals surface area contributed by atoms with Gasteiger partial charge >= 0.3 is 0 Å². The van der Waals surface area contributed by atoms with Crippen LogP contribution in [0.2, 0.25) is 0 Å². The summed E-state index contributed by atoms with van der Waals surface area (Å²) in [6.07, 6.45) is 2.04. The van der Waals surface area contributed by atoms with E-state index in [2.05, 4.69) is 12.2 Å². The minimum absolute atomic E-state index is 0.0638. The van der Waals surface area contributed by atoms with Crippen molar-refractivity contribution in [2.75, 3.05) is 13.1 Å². The van der Waals surface area contributed by atoms with Crippen LogP contribution in [0.1, 0.15) is 44.7 Å². The van der Waals surface area contributed by atoms with Gasteiger partial charge in [0, 0.05) is 19.6 Å². The second-order valence-electron chi connectivity index (χ2n) is 7.27. The molecule has 1 N–H and O–H groups in total. The molecule has 1 fully saturated rings. The molecule has 1 aromatic carbocycles. The molecule has 0 atom stereocenters. The first-order valence-corrected chi connectivity index (χ1v) is 8.44. The van der Waals surface area contributed by atoms with E-state index in [4.69, 9.17) is 0 Å². The van der Waals surface area contributed by atoms with Crippen molar-refractivity contribution in [2.45, 2.75) is 47.1 Å². The molecule has 0 bridgehead atoms. The van der Waals surface area contributed by atoms with E-state index in [1.165, 1.54) is 0 Å². The number of amides is 2. The number of benzene rings is 1. The molecular formula is C19H28N2O2. The molecule has 126 valence electrons. The molecule has 1 aliphatic rings. The Morgan fingerprint density at radius 2 is 1.91 bits per heavy atom. The molecule has 4 heteroatoms. The largest absolute Gasteiger partial charge is 0.351 e. The van der Waals surface area contributed by atoms with E-state index < -0.39 is 5.41 Å². The molecule has 0 radical (unpaired) electrons. The lowest BCUT2D eigenvalue weighted by Gasteiger charge is -2.35. The lowest BCUT2D eigenvalue weighted by Crippen LogP contribution is -2.51. The van der Waals surface area contributed by atoms with Crippen molar-refractivity contribution >= 4 is 11.8 Å². The van der Waals surface area contributed by atoms with Gasteiger partial charge in [0.15, 0.2) is 0 Å². The van der Waals surface area contributed by atoms with Gasteiger partial charge in [-0.1, -0.05) is 36.8 Å². The Balaban J connectivity index is 1.95. The van der Waals surface area contributed by atoms with Crippen molar-refractivity contribution < 1.29 is 9.59 Å². The Kier molecular flexibility index (Phi) is 5.45. The van der Waals surface area contributed by atoms with Gasteiger partial charge in [0.2, 0.25) is 11.8 Å². The van der Waals surface area contributed by atoms with Crippen LogP contribution in [0.3, 0.4) is 0 Å². The highest BCUT2D eigenvalue weighted by molar-refractivity contribution is 6.04. The lowest BCUT2D eigenvalue weighted by atomic mass is 9.88. The maximum absolute atomic E-state index is 12.7. The van der Waals surface area contributed by atoms with Crippen LogP contribution in [0.5, 0.6) is 0 Å². The van der Waals surface area contributed by atoms with Crippen LogP contribution < -0.4 is 5.32 Å². The molecule has 1 heterocycles. The van der Waals surface area contributed by atoms with E-state index in [0.717, 1.165) is 37.1 Å². The molecule has 0 spiro atoms. The van der Waals surface area contributed by atoms with E-state index >= 15 is 0 Å². The van der Waals surface area contributed by atoms with Gasteiger partial charge in [0.25, 0.3) is 0 Å². The van der Waals surface area contributed by atoms with Gasteiger partial charge in [-0.25, -0.2) is 0 Å². The minimum atomic E-state index is -1.02. The Morgan fingerprint density at radius 1 is 1.26 bits per heavy atom. The fourth-order valence-corrected chi connectivity index (χ4v) is 2.93. The fraction of sp³-hybridized carbons (Fsp3) is 0.579. The van der Waals surface area contributed by atoms with Crippen molar-refractivity contribution in [2.24, 2.45) is 11.3 Å². The predicted molar refractivity (Wildman–Crippen MR) is 91.8 cm³/mol. The second-order valence-corrected chi connectivity index (χ2v) is 7.27. The van der Waals surface area contributed by atoms with Gasteiger partial charge in [-0.2, -0.15) is 0 Å². The number of rotatable bonds is 4. The zero-order valence-electron chi connectivity index (χ0n) is 14.7. The minimum Gasteiger partial charge on any atom is -0.351 e. The number of likely N-dealkylation sites (tertiary alicyclic amines) is 1. The summed E-state index contributed by atoms with van der Waals surface area (Å²) in [4.78, 5) is 27.1. The number of carbonyl (C=O) groups is 2. The molecular weight excluding hydrogens is 288 g/mol. The summed E-state index contributed by atoms with van der Waals surface area (Å²) in [6.45, 7) is 9.65. The Labute approximate surface area is 139 Å². The number of aryl methyl sites for hydroxylation is 1. The normalized spacial score (nSPS) is 16.3. The first kappa shape index (κ1) is 17.5. The van der Waals surface area contributed by atoms with Gasteiger partial charge in [-0.15, -0.1) is 0 Å². The van der Waals surface area contributed by atoms with E-state index in [9.17, 15) is 9.59 Å². The molecule has 0 aliphatic carbocycles. The Hall–Kier alpha value is -1.84. The van der Waals surface area contributed by atoms with Crippen LogP contribution in [0.15, 0.2) is 24.3 Å². The second kappa shape index (κ2) is 7.16. The first-order chi connectivity index (χ1) is 10.8. The maximum atomic E-state index is 12.7. The quantitative estimate of drug-likeness (QED) is 0.868. The summed E-state index contributed by atoms with van der Waals surface area (Å²) >= 11 is 0. The van der Waals surface area contributed by atoms with E-state index in [1.807, 2.05) is 36.1 Å². The third-order valence-corrected chi connectivity index (χ3v) is 4.71. The third kappa shape index (κ3) is 4.34. The monoisotopic (exact) mass is 316 g/mol. The van der Waals surface area contributed by atoms with Crippen molar-refractivity contribution in [1.82, 2.24) is 10.2 Å². The average Bonchev–Trinajstić information content (AvgIpc) is 2.52. The van der Waals surface area contributed by atoms with Crippen molar-refractivity contribution in [3.63, 3.8) is 0 Å².